The van der Waals surface area contributed by atoms with Crippen molar-refractivity contribution in [2.24, 2.45) is 0 Å². The molecule has 84 valence electrons. The van der Waals surface area contributed by atoms with Crippen LogP contribution < -0.4 is 10.5 Å². The van der Waals surface area contributed by atoms with Crippen LogP contribution in [0.4, 0.5) is 5.69 Å². The molecule has 0 saturated heterocycles. The average Bonchev–Trinajstić information content (AvgIpc) is 2.32. The molecule has 4 heteroatoms. The fourth-order valence-corrected chi connectivity index (χ4v) is 1.37. The van der Waals surface area contributed by atoms with Crippen LogP contribution in [0.2, 0.25) is 0 Å². The lowest BCUT2D eigenvalue weighted by atomic mass is 10.2. The van der Waals surface area contributed by atoms with E-state index in [1.807, 2.05) is 12.1 Å². The molecule has 0 spiro atoms. The summed E-state index contributed by atoms with van der Waals surface area (Å²) < 4.78 is 5.52. The number of hydrogen-bond donors (Lipinski definition) is 1. The minimum atomic E-state index is 0.400. The highest BCUT2D eigenvalue weighted by atomic mass is 16.5. The number of nitrogens with zero attached hydrogens (tertiary/aromatic N) is 2. The lowest BCUT2D eigenvalue weighted by Crippen LogP contribution is -1.91. The summed E-state index contributed by atoms with van der Waals surface area (Å²) in [6.07, 6.45) is 1.99. The topological polar surface area (TPSA) is 71.9 Å². The molecule has 17 heavy (non-hydrogen) atoms. The van der Waals surface area contributed by atoms with E-state index in [2.05, 4.69) is 11.1 Å². The van der Waals surface area contributed by atoms with E-state index in [0.717, 1.165) is 5.56 Å². The molecule has 0 amide bonds. The summed E-state index contributed by atoms with van der Waals surface area (Å²) in [6.45, 7) is 0. The van der Waals surface area contributed by atoms with Gasteiger partial charge in [0.2, 0.25) is 5.88 Å². The molecule has 2 rings (SSSR count). The minimum absolute atomic E-state index is 0.400. The first-order valence-electron chi connectivity index (χ1n) is 5.13. The molecule has 0 aliphatic heterocycles. The molecule has 0 radical (unpaired) electrons. The van der Waals surface area contributed by atoms with Gasteiger partial charge in [0.1, 0.15) is 5.75 Å². The lowest BCUT2D eigenvalue weighted by molar-refractivity contribution is 0.463. The monoisotopic (exact) mass is 225 g/mol. The van der Waals surface area contributed by atoms with Crippen molar-refractivity contribution in [3.05, 3.63) is 48.2 Å². The van der Waals surface area contributed by atoms with Crippen LogP contribution in [0.5, 0.6) is 11.6 Å². The van der Waals surface area contributed by atoms with Gasteiger partial charge in [-0.15, -0.1) is 0 Å². The van der Waals surface area contributed by atoms with Crippen LogP contribution in [-0.2, 0) is 6.42 Å². The number of pyridine rings is 1. The van der Waals surface area contributed by atoms with E-state index in [1.165, 1.54) is 0 Å². The SMILES string of the molecule is N#CCc1ccc(Oc2cc(N)ccn2)cc1. The molecule has 4 nitrogen and oxygen atoms in total. The zero-order chi connectivity index (χ0) is 12.1. The van der Waals surface area contributed by atoms with E-state index in [0.29, 0.717) is 23.7 Å². The zero-order valence-corrected chi connectivity index (χ0v) is 9.13. The number of rotatable bonds is 3. The molecule has 0 fully saturated rings. The molecule has 2 N–H and O–H groups in total. The predicted molar refractivity (Wildman–Crippen MR) is 64.5 cm³/mol. The van der Waals surface area contributed by atoms with Crippen molar-refractivity contribution in [2.75, 3.05) is 5.73 Å². The Kier molecular flexibility index (Phi) is 3.22. The van der Waals surface area contributed by atoms with Gasteiger partial charge in [-0.2, -0.15) is 5.26 Å². The molecule has 1 aromatic carbocycles. The van der Waals surface area contributed by atoms with Crippen molar-refractivity contribution in [1.82, 2.24) is 4.98 Å². The van der Waals surface area contributed by atoms with Crippen molar-refractivity contribution in [2.45, 2.75) is 6.42 Å². The number of aromatic nitrogens is 1. The van der Waals surface area contributed by atoms with Gasteiger partial charge in [-0.1, -0.05) is 12.1 Å². The first-order chi connectivity index (χ1) is 8.28. The van der Waals surface area contributed by atoms with Crippen molar-refractivity contribution in [3.8, 4) is 17.7 Å². The number of nitriles is 1. The van der Waals surface area contributed by atoms with E-state index < -0.39 is 0 Å². The first-order valence-corrected chi connectivity index (χ1v) is 5.13. The van der Waals surface area contributed by atoms with E-state index in [-0.39, 0.29) is 0 Å². The Hall–Kier alpha value is -2.54. The number of benzene rings is 1. The smallest absolute Gasteiger partial charge is 0.221 e. The summed E-state index contributed by atoms with van der Waals surface area (Å²) in [5.41, 5.74) is 7.19. The van der Waals surface area contributed by atoms with Crippen LogP contribution >= 0.6 is 0 Å². The number of ether oxygens (including phenoxy) is 1. The maximum Gasteiger partial charge on any atom is 0.221 e. The highest BCUT2D eigenvalue weighted by Gasteiger charge is 1.99. The molecule has 2 aromatic rings. The lowest BCUT2D eigenvalue weighted by Gasteiger charge is -2.05. The van der Waals surface area contributed by atoms with Gasteiger partial charge in [0.25, 0.3) is 0 Å². The third-order valence-corrected chi connectivity index (χ3v) is 2.19. The molecule has 0 aliphatic rings. The van der Waals surface area contributed by atoms with E-state index in [9.17, 15) is 0 Å². The van der Waals surface area contributed by atoms with E-state index in [1.54, 1.807) is 30.5 Å². The Morgan fingerprint density at radius 2 is 2.00 bits per heavy atom. The van der Waals surface area contributed by atoms with Gasteiger partial charge in [-0.05, 0) is 23.8 Å². The van der Waals surface area contributed by atoms with Crippen molar-refractivity contribution in [3.63, 3.8) is 0 Å². The van der Waals surface area contributed by atoms with Crippen LogP contribution in [0.3, 0.4) is 0 Å². The fraction of sp³-hybridized carbons (Fsp3) is 0.0769. The number of hydrogen-bond acceptors (Lipinski definition) is 4. The Labute approximate surface area is 99.3 Å². The van der Waals surface area contributed by atoms with Gasteiger partial charge in [-0.3, -0.25) is 0 Å². The van der Waals surface area contributed by atoms with Crippen LogP contribution in [0.25, 0.3) is 0 Å². The van der Waals surface area contributed by atoms with Gasteiger partial charge < -0.3 is 10.5 Å². The molecule has 0 saturated carbocycles. The van der Waals surface area contributed by atoms with Crippen LogP contribution in [-0.4, -0.2) is 4.98 Å². The Morgan fingerprint density at radius 3 is 2.65 bits per heavy atom. The summed E-state index contributed by atoms with van der Waals surface area (Å²) in [6, 6.07) is 12.8. The van der Waals surface area contributed by atoms with Crippen molar-refractivity contribution >= 4 is 5.69 Å². The second-order valence-corrected chi connectivity index (χ2v) is 3.51. The molecule has 0 aliphatic carbocycles. The van der Waals surface area contributed by atoms with Gasteiger partial charge in [0.05, 0.1) is 12.5 Å². The highest BCUT2D eigenvalue weighted by Crippen LogP contribution is 2.21. The Balaban J connectivity index is 2.11. The summed E-state index contributed by atoms with van der Waals surface area (Å²) in [7, 11) is 0. The minimum Gasteiger partial charge on any atom is -0.439 e. The van der Waals surface area contributed by atoms with Crippen molar-refractivity contribution in [1.29, 1.82) is 5.26 Å². The normalized spacial score (nSPS) is 9.59. The third-order valence-electron chi connectivity index (χ3n) is 2.19. The fourth-order valence-electron chi connectivity index (χ4n) is 1.37. The molecule has 1 aromatic heterocycles. The Morgan fingerprint density at radius 1 is 1.24 bits per heavy atom. The summed E-state index contributed by atoms with van der Waals surface area (Å²) >= 11 is 0. The maximum absolute atomic E-state index is 8.55. The summed E-state index contributed by atoms with van der Waals surface area (Å²) in [5, 5.41) is 8.55. The zero-order valence-electron chi connectivity index (χ0n) is 9.13. The van der Waals surface area contributed by atoms with E-state index in [4.69, 9.17) is 15.7 Å². The third kappa shape index (κ3) is 2.95. The Bertz CT molecular complexity index is 543. The number of nitrogens with two attached hydrogens (primary N) is 1. The molecule has 0 atom stereocenters. The first kappa shape index (κ1) is 11.0. The molecule has 1 heterocycles. The van der Waals surface area contributed by atoms with Crippen LogP contribution in [0.1, 0.15) is 5.56 Å². The van der Waals surface area contributed by atoms with E-state index >= 15 is 0 Å². The van der Waals surface area contributed by atoms with Crippen LogP contribution in [0.15, 0.2) is 42.6 Å². The van der Waals surface area contributed by atoms with Gasteiger partial charge in [0.15, 0.2) is 0 Å². The molecule has 0 bridgehead atoms. The predicted octanol–water partition coefficient (Wildman–Crippen LogP) is 2.52. The molecule has 0 unspecified atom stereocenters. The second kappa shape index (κ2) is 4.99. The van der Waals surface area contributed by atoms with Crippen LogP contribution in [0, 0.1) is 11.3 Å². The molecular formula is C13H11N3O. The number of nitrogen functional groups attached to an aromatic ring is 1. The van der Waals surface area contributed by atoms with Gasteiger partial charge in [-0.25, -0.2) is 4.98 Å². The quantitative estimate of drug-likeness (QED) is 0.871. The largest absolute Gasteiger partial charge is 0.439 e. The summed E-state index contributed by atoms with van der Waals surface area (Å²) in [4.78, 5) is 4.04. The molecular weight excluding hydrogens is 214 g/mol. The number of anilines is 1. The highest BCUT2D eigenvalue weighted by molar-refractivity contribution is 5.41. The summed E-state index contributed by atoms with van der Waals surface area (Å²) in [5.74, 6) is 1.13. The van der Waals surface area contributed by atoms with Crippen molar-refractivity contribution < 1.29 is 4.74 Å². The second-order valence-electron chi connectivity index (χ2n) is 3.51. The average molecular weight is 225 g/mol. The van der Waals surface area contributed by atoms with Gasteiger partial charge in [0, 0.05) is 18.0 Å². The maximum atomic E-state index is 8.55. The standard InChI is InChI=1S/C13H11N3O/c14-7-5-10-1-3-12(4-2-10)17-13-9-11(15)6-8-16-13/h1-4,6,8-9H,5H2,(H2,15,16). The van der Waals surface area contributed by atoms with Gasteiger partial charge >= 0.3 is 0 Å².